The van der Waals surface area contributed by atoms with Crippen LogP contribution in [0.5, 0.6) is 0 Å². The molecule has 1 aliphatic carbocycles. The van der Waals surface area contributed by atoms with E-state index in [4.69, 9.17) is 14.6 Å². The number of aliphatic hydroxyl groups is 1. The first kappa shape index (κ1) is 12.3. The zero-order chi connectivity index (χ0) is 11.6. The molecular weight excluding hydrogens is 204 g/mol. The third-order valence-corrected chi connectivity index (χ3v) is 4.25. The number of aliphatic hydroxyl groups excluding tert-OH is 1. The summed E-state index contributed by atoms with van der Waals surface area (Å²) in [5.74, 6) is -0.305. The van der Waals surface area contributed by atoms with Crippen molar-refractivity contribution in [2.75, 3.05) is 6.61 Å². The second-order valence-corrected chi connectivity index (χ2v) is 5.50. The van der Waals surface area contributed by atoms with Gasteiger partial charge in [-0.05, 0) is 32.6 Å². The quantitative estimate of drug-likeness (QED) is 0.752. The Morgan fingerprint density at radius 1 is 1.19 bits per heavy atom. The standard InChI is InChI=1S/C13H24O3/c1-11-15-13(16-11)9-4-3-7-12(13,2)8-5-6-10-14/h11,14H,3-10H2,1-2H3. The van der Waals surface area contributed by atoms with Crippen LogP contribution in [0.2, 0.25) is 0 Å². The molecule has 2 fully saturated rings. The molecule has 1 unspecified atom stereocenters. The van der Waals surface area contributed by atoms with Crippen molar-refractivity contribution in [1.82, 2.24) is 0 Å². The Balaban J connectivity index is 1.98. The van der Waals surface area contributed by atoms with E-state index >= 15 is 0 Å². The third kappa shape index (κ3) is 2.01. The molecule has 3 heteroatoms. The van der Waals surface area contributed by atoms with Gasteiger partial charge in [0.1, 0.15) is 0 Å². The molecule has 2 aliphatic rings. The summed E-state index contributed by atoms with van der Waals surface area (Å²) in [6.45, 7) is 4.55. The molecule has 1 aliphatic heterocycles. The summed E-state index contributed by atoms with van der Waals surface area (Å²) in [7, 11) is 0. The Hall–Kier alpha value is -0.120. The van der Waals surface area contributed by atoms with Gasteiger partial charge in [-0.1, -0.05) is 19.8 Å². The van der Waals surface area contributed by atoms with E-state index in [0.29, 0.717) is 6.61 Å². The summed E-state index contributed by atoms with van der Waals surface area (Å²) in [4.78, 5) is 0. The first-order chi connectivity index (χ1) is 7.62. The van der Waals surface area contributed by atoms with E-state index in [2.05, 4.69) is 6.92 Å². The molecule has 0 bridgehead atoms. The molecule has 16 heavy (non-hydrogen) atoms. The average molecular weight is 228 g/mol. The first-order valence-electron chi connectivity index (χ1n) is 6.58. The molecule has 1 saturated carbocycles. The molecule has 2 rings (SSSR count). The van der Waals surface area contributed by atoms with E-state index in [9.17, 15) is 0 Å². The van der Waals surface area contributed by atoms with Gasteiger partial charge < -0.3 is 14.6 Å². The first-order valence-corrected chi connectivity index (χ1v) is 6.58. The topological polar surface area (TPSA) is 38.7 Å². The van der Waals surface area contributed by atoms with Crippen molar-refractivity contribution in [3.05, 3.63) is 0 Å². The van der Waals surface area contributed by atoms with Crippen LogP contribution < -0.4 is 0 Å². The normalized spacial score (nSPS) is 43.3. The summed E-state index contributed by atoms with van der Waals surface area (Å²) in [5, 5.41) is 8.86. The van der Waals surface area contributed by atoms with Gasteiger partial charge >= 0.3 is 0 Å². The summed E-state index contributed by atoms with van der Waals surface area (Å²) in [5.41, 5.74) is 0.146. The predicted octanol–water partition coefficient (Wildman–Crippen LogP) is 2.82. The molecule has 0 radical (unpaired) electrons. The largest absolute Gasteiger partial charge is 0.396 e. The van der Waals surface area contributed by atoms with E-state index in [0.717, 1.165) is 25.7 Å². The van der Waals surface area contributed by atoms with Gasteiger partial charge in [0, 0.05) is 18.4 Å². The Labute approximate surface area is 98.1 Å². The summed E-state index contributed by atoms with van der Waals surface area (Å²) >= 11 is 0. The fourth-order valence-electron chi connectivity index (χ4n) is 3.25. The summed E-state index contributed by atoms with van der Waals surface area (Å²) < 4.78 is 11.9. The SMILES string of the molecule is CC1OC2(CCCCC2(C)CCCCO)O1. The molecular formula is C13H24O3. The van der Waals surface area contributed by atoms with E-state index in [1.165, 1.54) is 19.3 Å². The molecule has 0 aromatic rings. The predicted molar refractivity (Wildman–Crippen MR) is 61.9 cm³/mol. The minimum atomic E-state index is -0.305. The van der Waals surface area contributed by atoms with Gasteiger partial charge in [-0.3, -0.25) is 0 Å². The molecule has 0 amide bonds. The number of hydrogen-bond donors (Lipinski definition) is 1. The van der Waals surface area contributed by atoms with Crippen LogP contribution in [0.15, 0.2) is 0 Å². The van der Waals surface area contributed by atoms with Crippen LogP contribution in [0.1, 0.15) is 58.8 Å². The minimum absolute atomic E-state index is 0.0322. The smallest absolute Gasteiger partial charge is 0.179 e. The third-order valence-electron chi connectivity index (χ3n) is 4.25. The second-order valence-electron chi connectivity index (χ2n) is 5.50. The molecule has 3 nitrogen and oxygen atoms in total. The van der Waals surface area contributed by atoms with Gasteiger partial charge in [-0.2, -0.15) is 0 Å². The summed E-state index contributed by atoms with van der Waals surface area (Å²) in [6, 6.07) is 0. The molecule has 0 aromatic heterocycles. The van der Waals surface area contributed by atoms with E-state index in [1.54, 1.807) is 0 Å². The van der Waals surface area contributed by atoms with Crippen LogP contribution in [0, 0.1) is 5.41 Å². The van der Waals surface area contributed by atoms with Gasteiger partial charge in [-0.25, -0.2) is 0 Å². The van der Waals surface area contributed by atoms with Crippen molar-refractivity contribution in [1.29, 1.82) is 0 Å². The van der Waals surface area contributed by atoms with E-state index in [-0.39, 0.29) is 17.5 Å². The Bertz CT molecular complexity index is 230. The van der Waals surface area contributed by atoms with Crippen molar-refractivity contribution in [3.8, 4) is 0 Å². The van der Waals surface area contributed by atoms with Crippen LogP contribution in [0.3, 0.4) is 0 Å². The van der Waals surface area contributed by atoms with Gasteiger partial charge in [0.15, 0.2) is 12.1 Å². The number of ether oxygens (including phenoxy) is 2. The van der Waals surface area contributed by atoms with Crippen molar-refractivity contribution >= 4 is 0 Å². The van der Waals surface area contributed by atoms with E-state index < -0.39 is 0 Å². The Morgan fingerprint density at radius 2 is 1.88 bits per heavy atom. The van der Waals surface area contributed by atoms with Crippen molar-refractivity contribution in [2.24, 2.45) is 5.41 Å². The zero-order valence-electron chi connectivity index (χ0n) is 10.5. The maximum Gasteiger partial charge on any atom is 0.179 e. The summed E-state index contributed by atoms with van der Waals surface area (Å²) in [6.07, 6.45) is 7.73. The van der Waals surface area contributed by atoms with Crippen LogP contribution >= 0.6 is 0 Å². The lowest BCUT2D eigenvalue weighted by molar-refractivity contribution is -0.488. The van der Waals surface area contributed by atoms with Gasteiger partial charge in [0.25, 0.3) is 0 Å². The van der Waals surface area contributed by atoms with Gasteiger partial charge in [-0.15, -0.1) is 0 Å². The van der Waals surface area contributed by atoms with Gasteiger partial charge in [0.2, 0.25) is 0 Å². The number of rotatable bonds is 4. The highest BCUT2D eigenvalue weighted by Gasteiger charge is 2.58. The second kappa shape index (κ2) is 4.63. The van der Waals surface area contributed by atoms with Crippen molar-refractivity contribution in [2.45, 2.75) is 70.9 Å². The van der Waals surface area contributed by atoms with Gasteiger partial charge in [0.05, 0.1) is 0 Å². The fraction of sp³-hybridized carbons (Fsp3) is 1.00. The monoisotopic (exact) mass is 228 g/mol. The van der Waals surface area contributed by atoms with Crippen LogP contribution in [-0.4, -0.2) is 23.8 Å². The lowest BCUT2D eigenvalue weighted by Crippen LogP contribution is -2.63. The van der Waals surface area contributed by atoms with E-state index in [1.807, 2.05) is 6.92 Å². The number of hydrogen-bond acceptors (Lipinski definition) is 3. The highest BCUT2D eigenvalue weighted by molar-refractivity contribution is 4.97. The molecule has 1 saturated heterocycles. The molecule has 94 valence electrons. The minimum Gasteiger partial charge on any atom is -0.396 e. The maximum absolute atomic E-state index is 8.86. The Kier molecular flexibility index (Phi) is 3.57. The van der Waals surface area contributed by atoms with Crippen LogP contribution in [0.4, 0.5) is 0 Å². The van der Waals surface area contributed by atoms with Crippen LogP contribution in [-0.2, 0) is 9.47 Å². The molecule has 1 heterocycles. The van der Waals surface area contributed by atoms with Crippen molar-refractivity contribution in [3.63, 3.8) is 0 Å². The lowest BCUT2D eigenvalue weighted by Gasteiger charge is -2.58. The highest BCUT2D eigenvalue weighted by atomic mass is 16.9. The lowest BCUT2D eigenvalue weighted by atomic mass is 9.67. The molecule has 0 aromatic carbocycles. The van der Waals surface area contributed by atoms with Crippen LogP contribution in [0.25, 0.3) is 0 Å². The molecule has 1 atom stereocenters. The zero-order valence-corrected chi connectivity index (χ0v) is 10.5. The Morgan fingerprint density at radius 3 is 2.50 bits per heavy atom. The molecule has 1 N–H and O–H groups in total. The fourth-order valence-corrected chi connectivity index (χ4v) is 3.25. The molecule has 1 spiro atoms. The average Bonchev–Trinajstić information content (AvgIpc) is 2.20. The number of unbranched alkanes of at least 4 members (excludes halogenated alkanes) is 1. The maximum atomic E-state index is 8.86. The van der Waals surface area contributed by atoms with Crippen molar-refractivity contribution < 1.29 is 14.6 Å². The highest BCUT2D eigenvalue weighted by Crippen LogP contribution is 2.55.